The van der Waals surface area contributed by atoms with E-state index in [-0.39, 0.29) is 23.7 Å². The molecule has 1 N–H and O–H groups in total. The molecule has 1 aromatic heterocycles. The van der Waals surface area contributed by atoms with Crippen molar-refractivity contribution in [2.75, 3.05) is 0 Å². The van der Waals surface area contributed by atoms with E-state index in [0.29, 0.717) is 6.42 Å². The zero-order valence-electron chi connectivity index (χ0n) is 8.61. The van der Waals surface area contributed by atoms with Gasteiger partial charge in [0.2, 0.25) is 11.8 Å². The predicted molar refractivity (Wildman–Crippen MR) is 56.5 cm³/mol. The Labute approximate surface area is 91.7 Å². The van der Waals surface area contributed by atoms with Crippen LogP contribution in [0.5, 0.6) is 0 Å². The summed E-state index contributed by atoms with van der Waals surface area (Å²) in [4.78, 5) is 27.0. The van der Waals surface area contributed by atoms with Crippen molar-refractivity contribution >= 4 is 23.2 Å². The minimum Gasteiger partial charge on any atom is -0.296 e. The monoisotopic (exact) mass is 224 g/mol. The molecule has 5 heteroatoms. The number of nitrogens with zero attached hydrogens (tertiary/aromatic N) is 1. The van der Waals surface area contributed by atoms with Crippen LogP contribution in [0.1, 0.15) is 30.0 Å². The molecule has 80 valence electrons. The first-order chi connectivity index (χ1) is 7.08. The highest BCUT2D eigenvalue weighted by molar-refractivity contribution is 7.09. The van der Waals surface area contributed by atoms with Crippen molar-refractivity contribution in [3.8, 4) is 0 Å². The summed E-state index contributed by atoms with van der Waals surface area (Å²) in [5.41, 5.74) is 0.869. The van der Waals surface area contributed by atoms with E-state index >= 15 is 0 Å². The summed E-state index contributed by atoms with van der Waals surface area (Å²) in [5.74, 6) is -0.629. The maximum Gasteiger partial charge on any atom is 0.230 e. The molecular weight excluding hydrogens is 212 g/mol. The highest BCUT2D eigenvalue weighted by Crippen LogP contribution is 2.31. The smallest absolute Gasteiger partial charge is 0.230 e. The van der Waals surface area contributed by atoms with Gasteiger partial charge in [-0.3, -0.25) is 14.9 Å². The van der Waals surface area contributed by atoms with Crippen LogP contribution in [0.15, 0.2) is 5.38 Å². The molecule has 1 fully saturated rings. The second-order valence-electron chi connectivity index (χ2n) is 3.80. The van der Waals surface area contributed by atoms with Crippen molar-refractivity contribution in [3.05, 3.63) is 16.1 Å². The van der Waals surface area contributed by atoms with Crippen LogP contribution in [0, 0.1) is 12.8 Å². The highest BCUT2D eigenvalue weighted by Gasteiger charge is 2.34. The van der Waals surface area contributed by atoms with Crippen molar-refractivity contribution in [1.82, 2.24) is 10.3 Å². The molecule has 2 heterocycles. The van der Waals surface area contributed by atoms with Crippen LogP contribution in [-0.2, 0) is 9.59 Å². The van der Waals surface area contributed by atoms with Gasteiger partial charge in [0.15, 0.2) is 0 Å². The molecule has 0 aliphatic carbocycles. The third kappa shape index (κ3) is 1.92. The molecule has 2 amide bonds. The minimum atomic E-state index is -0.200. The van der Waals surface area contributed by atoms with Gasteiger partial charge in [-0.15, -0.1) is 11.3 Å². The van der Waals surface area contributed by atoms with Crippen molar-refractivity contribution in [2.45, 2.75) is 26.2 Å². The topological polar surface area (TPSA) is 59.1 Å². The number of thiazole rings is 1. The number of nitrogens with one attached hydrogen (secondary N) is 1. The molecule has 4 nitrogen and oxygen atoms in total. The number of aromatic nitrogens is 1. The number of hydrogen-bond donors (Lipinski definition) is 1. The molecule has 1 aliphatic heterocycles. The molecule has 2 unspecified atom stereocenters. The molecule has 0 spiro atoms. The van der Waals surface area contributed by atoms with E-state index in [9.17, 15) is 9.59 Å². The fraction of sp³-hybridized carbons (Fsp3) is 0.500. The zero-order chi connectivity index (χ0) is 11.0. The summed E-state index contributed by atoms with van der Waals surface area (Å²) in [6.45, 7) is 3.75. The standard InChI is InChI=1S/C10H12N2O2S/c1-5-7(3-9(13)12-10(5)14)8-4-15-6(2)11-8/h4-5,7H,3H2,1-2H3,(H,12,13,14). The largest absolute Gasteiger partial charge is 0.296 e. The third-order valence-corrected chi connectivity index (χ3v) is 3.49. The van der Waals surface area contributed by atoms with Crippen LogP contribution < -0.4 is 5.32 Å². The van der Waals surface area contributed by atoms with E-state index in [2.05, 4.69) is 10.3 Å². The van der Waals surface area contributed by atoms with Crippen LogP contribution in [0.25, 0.3) is 0 Å². The molecule has 1 saturated heterocycles. The number of imide groups is 1. The Morgan fingerprint density at radius 1 is 1.53 bits per heavy atom. The lowest BCUT2D eigenvalue weighted by molar-refractivity contribution is -0.136. The van der Waals surface area contributed by atoms with E-state index in [0.717, 1.165) is 10.7 Å². The van der Waals surface area contributed by atoms with Gasteiger partial charge >= 0.3 is 0 Å². The maximum absolute atomic E-state index is 11.4. The summed E-state index contributed by atoms with van der Waals surface area (Å²) >= 11 is 1.55. The average molecular weight is 224 g/mol. The minimum absolute atomic E-state index is 0.0591. The molecule has 2 rings (SSSR count). The maximum atomic E-state index is 11.4. The van der Waals surface area contributed by atoms with E-state index < -0.39 is 0 Å². The van der Waals surface area contributed by atoms with Crippen LogP contribution in [0.3, 0.4) is 0 Å². The molecular formula is C10H12N2O2S. The van der Waals surface area contributed by atoms with Gasteiger partial charge < -0.3 is 0 Å². The van der Waals surface area contributed by atoms with Crippen molar-refractivity contribution in [1.29, 1.82) is 0 Å². The first-order valence-electron chi connectivity index (χ1n) is 4.83. The van der Waals surface area contributed by atoms with Crippen LogP contribution >= 0.6 is 11.3 Å². The normalized spacial score (nSPS) is 26.5. The lowest BCUT2D eigenvalue weighted by atomic mass is 9.85. The fourth-order valence-electron chi connectivity index (χ4n) is 1.77. The lowest BCUT2D eigenvalue weighted by Gasteiger charge is -2.25. The molecule has 15 heavy (non-hydrogen) atoms. The Kier molecular flexibility index (Phi) is 2.56. The van der Waals surface area contributed by atoms with Crippen molar-refractivity contribution in [3.63, 3.8) is 0 Å². The summed E-state index contributed by atoms with van der Waals surface area (Å²) in [5, 5.41) is 5.23. The molecule has 0 saturated carbocycles. The molecule has 1 aliphatic rings. The van der Waals surface area contributed by atoms with Gasteiger partial charge in [-0.25, -0.2) is 4.98 Å². The first-order valence-corrected chi connectivity index (χ1v) is 5.71. The quantitative estimate of drug-likeness (QED) is 0.730. The van der Waals surface area contributed by atoms with Crippen LogP contribution in [0.2, 0.25) is 0 Å². The average Bonchev–Trinajstić information content (AvgIpc) is 2.58. The summed E-state index contributed by atoms with van der Waals surface area (Å²) in [6, 6.07) is 0. The molecule has 0 aromatic carbocycles. The highest BCUT2D eigenvalue weighted by atomic mass is 32.1. The molecule has 0 radical (unpaired) electrons. The van der Waals surface area contributed by atoms with Crippen LogP contribution in [-0.4, -0.2) is 16.8 Å². The van der Waals surface area contributed by atoms with Crippen LogP contribution in [0.4, 0.5) is 0 Å². The number of hydrogen-bond acceptors (Lipinski definition) is 4. The first kappa shape index (κ1) is 10.3. The molecule has 2 atom stereocenters. The summed E-state index contributed by atoms with van der Waals surface area (Å²) < 4.78 is 0. The van der Waals surface area contributed by atoms with Gasteiger partial charge in [-0.05, 0) is 6.92 Å². The number of carbonyl (C=O) groups is 2. The van der Waals surface area contributed by atoms with Crippen molar-refractivity contribution in [2.24, 2.45) is 5.92 Å². The number of amides is 2. The Hall–Kier alpha value is -1.23. The number of aryl methyl sites for hydroxylation is 1. The van der Waals surface area contributed by atoms with Gasteiger partial charge in [0, 0.05) is 23.6 Å². The van der Waals surface area contributed by atoms with Gasteiger partial charge in [-0.1, -0.05) is 6.92 Å². The predicted octanol–water partition coefficient (Wildman–Crippen LogP) is 1.22. The Morgan fingerprint density at radius 3 is 2.87 bits per heavy atom. The SMILES string of the molecule is Cc1nc(C2CC(=O)NC(=O)C2C)cs1. The zero-order valence-corrected chi connectivity index (χ0v) is 9.43. The van der Waals surface area contributed by atoms with Gasteiger partial charge in [0.1, 0.15) is 0 Å². The van der Waals surface area contributed by atoms with E-state index in [1.54, 1.807) is 11.3 Å². The van der Waals surface area contributed by atoms with Gasteiger partial charge in [-0.2, -0.15) is 0 Å². The Bertz CT molecular complexity index is 413. The lowest BCUT2D eigenvalue weighted by Crippen LogP contribution is -2.43. The van der Waals surface area contributed by atoms with Crippen molar-refractivity contribution < 1.29 is 9.59 Å². The van der Waals surface area contributed by atoms with E-state index in [1.807, 2.05) is 19.2 Å². The second-order valence-corrected chi connectivity index (χ2v) is 4.87. The Balaban J connectivity index is 2.27. The molecule has 0 bridgehead atoms. The number of piperidine rings is 1. The summed E-state index contributed by atoms with van der Waals surface area (Å²) in [6.07, 6.45) is 0.357. The van der Waals surface area contributed by atoms with E-state index in [4.69, 9.17) is 0 Å². The summed E-state index contributed by atoms with van der Waals surface area (Å²) in [7, 11) is 0. The Morgan fingerprint density at radius 2 is 2.27 bits per heavy atom. The fourth-order valence-corrected chi connectivity index (χ4v) is 2.45. The van der Waals surface area contributed by atoms with E-state index in [1.165, 1.54) is 0 Å². The van der Waals surface area contributed by atoms with Gasteiger partial charge in [0.05, 0.1) is 10.7 Å². The second kappa shape index (κ2) is 3.73. The number of carbonyl (C=O) groups excluding carboxylic acids is 2. The van der Waals surface area contributed by atoms with Gasteiger partial charge in [0.25, 0.3) is 0 Å². The third-order valence-electron chi connectivity index (χ3n) is 2.70. The number of rotatable bonds is 1. The molecule has 1 aromatic rings.